The van der Waals surface area contributed by atoms with Crippen molar-refractivity contribution < 1.29 is 53.4 Å². The molecule has 0 bridgehead atoms. The van der Waals surface area contributed by atoms with Crippen molar-refractivity contribution in [1.82, 2.24) is 37.2 Å². The zero-order chi connectivity index (χ0) is 42.9. The largest absolute Gasteiger partial charge is 0.508 e. The second-order valence-corrected chi connectivity index (χ2v) is 14.3. The summed E-state index contributed by atoms with van der Waals surface area (Å²) in [5, 5.41) is 35.5. The lowest BCUT2D eigenvalue weighted by Gasteiger charge is -2.28. The van der Waals surface area contributed by atoms with Gasteiger partial charge in [-0.1, -0.05) is 39.8 Å². The van der Waals surface area contributed by atoms with Crippen LogP contribution >= 0.6 is 12.6 Å². The molecule has 56 heavy (non-hydrogen) atoms. The van der Waals surface area contributed by atoms with E-state index in [-0.39, 0.29) is 23.8 Å². The fourth-order valence-corrected chi connectivity index (χ4v) is 5.20. The quantitative estimate of drug-likeness (QED) is 0.0490. The summed E-state index contributed by atoms with van der Waals surface area (Å²) in [6.45, 7) is 8.87. The van der Waals surface area contributed by atoms with Crippen LogP contribution < -0.4 is 48.7 Å². The van der Waals surface area contributed by atoms with Crippen LogP contribution in [0.5, 0.6) is 5.75 Å². The van der Waals surface area contributed by atoms with Crippen LogP contribution in [-0.2, 0) is 49.6 Å². The van der Waals surface area contributed by atoms with E-state index in [0.29, 0.717) is 12.0 Å². The van der Waals surface area contributed by atoms with Gasteiger partial charge >= 0.3 is 5.97 Å². The lowest BCUT2D eigenvalue weighted by molar-refractivity contribution is -0.141. The molecule has 1 rings (SSSR count). The number of phenolic OH excluding ortho intramolecular Hbond substituents is 1. The first-order valence-corrected chi connectivity index (χ1v) is 18.4. The second-order valence-electron chi connectivity index (χ2n) is 13.9. The van der Waals surface area contributed by atoms with Crippen LogP contribution in [0.15, 0.2) is 24.3 Å². The molecular weight excluding hydrogens is 755 g/mol. The highest BCUT2D eigenvalue weighted by Crippen LogP contribution is 2.13. The number of aromatic hydroxyl groups is 1. The first kappa shape index (κ1) is 48.6. The Bertz CT molecular complexity index is 1580. The lowest BCUT2D eigenvalue weighted by Crippen LogP contribution is -2.61. The Labute approximate surface area is 330 Å². The van der Waals surface area contributed by atoms with Crippen LogP contribution in [0.2, 0.25) is 0 Å². The van der Waals surface area contributed by atoms with Crippen LogP contribution in [-0.4, -0.2) is 118 Å². The molecule has 0 saturated heterocycles. The van der Waals surface area contributed by atoms with Crippen LogP contribution in [0.4, 0.5) is 0 Å². The molecule has 0 heterocycles. The van der Waals surface area contributed by atoms with Crippen molar-refractivity contribution in [3.05, 3.63) is 29.8 Å². The molecule has 1 aromatic carbocycles. The van der Waals surface area contributed by atoms with Gasteiger partial charge in [-0.2, -0.15) is 12.6 Å². The maximum atomic E-state index is 13.8. The molecule has 0 saturated carbocycles. The van der Waals surface area contributed by atoms with Crippen molar-refractivity contribution in [2.24, 2.45) is 23.3 Å². The van der Waals surface area contributed by atoms with Crippen LogP contribution in [0, 0.1) is 11.8 Å². The number of nitrogens with one attached hydrogen (secondary N) is 7. The summed E-state index contributed by atoms with van der Waals surface area (Å²) in [6, 6.07) is -3.32. The predicted molar refractivity (Wildman–Crippen MR) is 205 cm³/mol. The number of hydrogen-bond donors (Lipinski definition) is 12. The van der Waals surface area contributed by atoms with Gasteiger partial charge in [0.1, 0.15) is 42.0 Å². The highest BCUT2D eigenvalue weighted by atomic mass is 32.1. The summed E-state index contributed by atoms with van der Waals surface area (Å²) < 4.78 is 0. The molecule has 13 N–H and O–H groups in total. The number of thiol groups is 1. The molecule has 20 nitrogen and oxygen atoms in total. The highest BCUT2D eigenvalue weighted by molar-refractivity contribution is 7.80. The van der Waals surface area contributed by atoms with Crippen molar-refractivity contribution in [1.29, 1.82) is 0 Å². The van der Waals surface area contributed by atoms with E-state index in [1.807, 2.05) is 13.8 Å². The molecule has 7 atom stereocenters. The lowest BCUT2D eigenvalue weighted by atomic mass is 10.00. The zero-order valence-electron chi connectivity index (χ0n) is 32.2. The van der Waals surface area contributed by atoms with E-state index in [4.69, 9.17) is 16.6 Å². The molecule has 0 fully saturated rings. The van der Waals surface area contributed by atoms with E-state index < -0.39 is 114 Å². The van der Waals surface area contributed by atoms with Crippen molar-refractivity contribution in [2.75, 3.05) is 12.3 Å². The molecule has 1 aromatic rings. The predicted octanol–water partition coefficient (Wildman–Crippen LogP) is -3.08. The molecule has 0 aromatic heterocycles. The van der Waals surface area contributed by atoms with Crippen molar-refractivity contribution in [3.8, 4) is 5.75 Å². The first-order valence-electron chi connectivity index (χ1n) is 17.8. The molecule has 0 radical (unpaired) electrons. The zero-order valence-corrected chi connectivity index (χ0v) is 33.1. The van der Waals surface area contributed by atoms with Gasteiger partial charge in [0.2, 0.25) is 47.3 Å². The number of benzene rings is 1. The third-order valence-electron chi connectivity index (χ3n) is 8.10. The Morgan fingerprint density at radius 3 is 1.73 bits per heavy atom. The number of primary amides is 1. The average Bonchev–Trinajstić information content (AvgIpc) is 3.10. The normalized spacial score (nSPS) is 14.8. The maximum Gasteiger partial charge on any atom is 0.325 e. The number of rotatable bonds is 23. The highest BCUT2D eigenvalue weighted by Gasteiger charge is 2.34. The number of carboxylic acid groups (broad SMARTS) is 1. The third-order valence-corrected chi connectivity index (χ3v) is 8.46. The van der Waals surface area contributed by atoms with Gasteiger partial charge in [0.15, 0.2) is 0 Å². The van der Waals surface area contributed by atoms with Crippen molar-refractivity contribution in [2.45, 2.75) is 103 Å². The van der Waals surface area contributed by atoms with Gasteiger partial charge in [-0.3, -0.25) is 43.2 Å². The molecular formula is C35H55N9O11S. The minimum absolute atomic E-state index is 0.0792. The van der Waals surface area contributed by atoms with E-state index in [0.717, 1.165) is 0 Å². The van der Waals surface area contributed by atoms with Crippen LogP contribution in [0.25, 0.3) is 0 Å². The first-order chi connectivity index (χ1) is 26.0. The van der Waals surface area contributed by atoms with Crippen LogP contribution in [0.3, 0.4) is 0 Å². The van der Waals surface area contributed by atoms with Crippen LogP contribution in [0.1, 0.15) is 59.9 Å². The Morgan fingerprint density at radius 2 is 1.21 bits per heavy atom. The van der Waals surface area contributed by atoms with E-state index >= 15 is 0 Å². The molecule has 0 aliphatic heterocycles. The summed E-state index contributed by atoms with van der Waals surface area (Å²) in [5.41, 5.74) is 11.6. The number of aliphatic carboxylic acids is 1. The molecule has 312 valence electrons. The topological polar surface area (TPSA) is 330 Å². The number of nitrogens with two attached hydrogens (primary N) is 2. The average molecular weight is 810 g/mol. The second kappa shape index (κ2) is 23.5. The standard InChI is InChI=1S/C35H55N9O11S/c1-16(2)11-22(36)30(49)38-14-27(47)41-24(13-26(37)46)31(50)42-23(12-20-7-9-21(45)10-8-20)32(51)44-28(17(3)4)34(53)43-25(15-56)33(52)39-18(5)29(48)40-19(6)35(54)55/h7-10,16-19,22-25,28,45,56H,11-15,36H2,1-6H3,(H2,37,46)(H,38,49)(H,39,52)(H,40,48)(H,41,47)(H,42,50)(H,43,53)(H,44,51)(H,54,55)/t18-,19-,22-,23-,24-,25-,28-/m0/s1. The van der Waals surface area contributed by atoms with Gasteiger partial charge in [0.25, 0.3) is 0 Å². The SMILES string of the molecule is CC(C)C[C@H](N)C(=O)NCC(=O)N[C@@H](CC(N)=O)C(=O)N[C@@H](Cc1ccc(O)cc1)C(=O)N[C@H](C(=O)N[C@@H](CS)C(=O)N[C@@H](C)C(=O)N[C@@H](C)C(=O)O)C(C)C. The number of carbonyl (C=O) groups is 9. The summed E-state index contributed by atoms with van der Waals surface area (Å²) in [7, 11) is 0. The molecule has 21 heteroatoms. The third kappa shape index (κ3) is 17.4. The van der Waals surface area contributed by atoms with Gasteiger partial charge in [-0.25, -0.2) is 0 Å². The minimum Gasteiger partial charge on any atom is -0.508 e. The number of phenols is 1. The number of carbonyl (C=O) groups excluding carboxylic acids is 8. The smallest absolute Gasteiger partial charge is 0.325 e. The summed E-state index contributed by atoms with van der Waals surface area (Å²) in [5.74, 6) is -8.89. The fraction of sp³-hybridized carbons (Fsp3) is 0.571. The summed E-state index contributed by atoms with van der Waals surface area (Å²) in [6.07, 6.45) is -0.534. The number of hydrogen-bond acceptors (Lipinski definition) is 12. The number of carboxylic acids is 1. The van der Waals surface area contributed by atoms with Crippen molar-refractivity contribution >= 4 is 65.9 Å². The van der Waals surface area contributed by atoms with E-state index in [9.17, 15) is 48.3 Å². The van der Waals surface area contributed by atoms with E-state index in [2.05, 4.69) is 49.8 Å². The Hall–Kier alpha value is -5.44. The van der Waals surface area contributed by atoms with E-state index in [1.54, 1.807) is 13.8 Å². The molecule has 0 aliphatic rings. The summed E-state index contributed by atoms with van der Waals surface area (Å²) in [4.78, 5) is 114. The maximum absolute atomic E-state index is 13.8. The fourth-order valence-electron chi connectivity index (χ4n) is 4.94. The molecule has 8 amide bonds. The Kier molecular flexibility index (Phi) is 20.4. The van der Waals surface area contributed by atoms with E-state index in [1.165, 1.54) is 38.1 Å². The van der Waals surface area contributed by atoms with Gasteiger partial charge in [0, 0.05) is 12.2 Å². The van der Waals surface area contributed by atoms with Gasteiger partial charge in [-0.15, -0.1) is 0 Å². The van der Waals surface area contributed by atoms with Gasteiger partial charge in [0.05, 0.1) is 19.0 Å². The minimum atomic E-state index is -1.59. The van der Waals surface area contributed by atoms with Gasteiger partial charge < -0.3 is 58.9 Å². The molecule has 0 unspecified atom stereocenters. The molecule has 0 aliphatic carbocycles. The van der Waals surface area contributed by atoms with Gasteiger partial charge in [-0.05, 0) is 49.8 Å². The molecule has 0 spiro atoms. The Balaban J connectivity index is 3.21. The Morgan fingerprint density at radius 1 is 0.679 bits per heavy atom. The number of amides is 8. The summed E-state index contributed by atoms with van der Waals surface area (Å²) >= 11 is 4.12. The monoisotopic (exact) mass is 809 g/mol. The van der Waals surface area contributed by atoms with Crippen molar-refractivity contribution in [3.63, 3.8) is 0 Å².